The van der Waals surface area contributed by atoms with Gasteiger partial charge in [0.15, 0.2) is 0 Å². The topological polar surface area (TPSA) is 34.1 Å². The van der Waals surface area contributed by atoms with Gasteiger partial charge in [0.05, 0.1) is 6.61 Å². The minimum Gasteiger partial charge on any atom is -0.580 e. The summed E-state index contributed by atoms with van der Waals surface area (Å²) in [4.78, 5) is 0. The van der Waals surface area contributed by atoms with Crippen LogP contribution in [0.25, 0.3) is 0 Å². The van der Waals surface area contributed by atoms with Gasteiger partial charge in [0.25, 0.3) is 0 Å². The zero-order valence-electron chi connectivity index (χ0n) is 5.47. The molecule has 0 bridgehead atoms. The van der Waals surface area contributed by atoms with Crippen LogP contribution >= 0.6 is 0 Å². The Morgan fingerprint density at radius 1 is 1.78 bits per heavy atom. The first-order valence-electron chi connectivity index (χ1n) is 3.18. The number of hydrogen-bond acceptors (Lipinski definition) is 2. The fourth-order valence-electron chi connectivity index (χ4n) is 0.881. The smallest absolute Gasteiger partial charge is 0.147 e. The third-order valence-electron chi connectivity index (χ3n) is 1.34. The van der Waals surface area contributed by atoms with Crippen molar-refractivity contribution in [1.29, 1.82) is 0 Å². The molecule has 0 radical (unpaired) electrons. The van der Waals surface area contributed by atoms with Crippen LogP contribution in [-0.2, 0) is 4.74 Å². The lowest BCUT2D eigenvalue weighted by atomic mass is 10.3. The lowest BCUT2D eigenvalue weighted by molar-refractivity contribution is -0.0655. The SMILES string of the molecule is [CH2-][OH+]CC1CNCCO1. The van der Waals surface area contributed by atoms with Gasteiger partial charge < -0.3 is 14.8 Å². The molecule has 1 aliphatic rings. The molecular formula is C6H13NO2. The maximum atomic E-state index is 5.32. The van der Waals surface area contributed by atoms with Gasteiger partial charge in [-0.15, -0.1) is 0 Å². The predicted molar refractivity (Wildman–Crippen MR) is 35.1 cm³/mol. The molecule has 54 valence electrons. The van der Waals surface area contributed by atoms with Gasteiger partial charge in [-0.3, -0.25) is 0 Å². The van der Waals surface area contributed by atoms with E-state index in [0.717, 1.165) is 19.7 Å². The van der Waals surface area contributed by atoms with Crippen molar-refractivity contribution in [3.8, 4) is 0 Å². The van der Waals surface area contributed by atoms with Gasteiger partial charge in [-0.2, -0.15) is 0 Å². The molecule has 1 heterocycles. The number of hydrogen-bond donors (Lipinski definition) is 1. The molecule has 1 fully saturated rings. The molecule has 0 aliphatic carbocycles. The molecule has 0 amide bonds. The van der Waals surface area contributed by atoms with E-state index >= 15 is 0 Å². The second-order valence-electron chi connectivity index (χ2n) is 2.10. The Labute approximate surface area is 55.3 Å². The average Bonchev–Trinajstić information content (AvgIpc) is 1.91. The molecule has 1 rings (SSSR count). The number of nitrogens with one attached hydrogen (secondary N) is 1. The van der Waals surface area contributed by atoms with Gasteiger partial charge in [-0.05, 0) is 0 Å². The fraction of sp³-hybridized carbons (Fsp3) is 0.833. The fourth-order valence-corrected chi connectivity index (χ4v) is 0.881. The molecule has 0 aromatic rings. The summed E-state index contributed by atoms with van der Waals surface area (Å²) in [7, 11) is 3.40. The highest BCUT2D eigenvalue weighted by molar-refractivity contribution is 4.65. The quantitative estimate of drug-likeness (QED) is 0.397. The Balaban J connectivity index is 2.08. The van der Waals surface area contributed by atoms with Gasteiger partial charge in [-0.1, -0.05) is 7.11 Å². The lowest BCUT2D eigenvalue weighted by Crippen LogP contribution is -2.41. The first-order chi connectivity index (χ1) is 4.43. The number of morpholine rings is 1. The Hall–Kier alpha value is -0.120. The van der Waals surface area contributed by atoms with E-state index in [1.54, 1.807) is 0 Å². The standard InChI is InChI=1S/C6H13NO2/c1-8-5-6-4-7-2-3-9-6/h6-8H,1-5H2. The second-order valence-corrected chi connectivity index (χ2v) is 2.10. The van der Waals surface area contributed by atoms with Crippen LogP contribution in [0.4, 0.5) is 0 Å². The number of aliphatic hydroxyl groups is 2. The van der Waals surface area contributed by atoms with Crippen molar-refractivity contribution >= 4 is 0 Å². The second kappa shape index (κ2) is 3.82. The molecule has 3 heteroatoms. The molecule has 0 aromatic heterocycles. The average molecular weight is 131 g/mol. The highest BCUT2D eigenvalue weighted by Crippen LogP contribution is 1.93. The van der Waals surface area contributed by atoms with E-state index in [1.165, 1.54) is 0 Å². The molecule has 9 heavy (non-hydrogen) atoms. The molecule has 1 unspecified atom stereocenters. The van der Waals surface area contributed by atoms with E-state index < -0.39 is 0 Å². The van der Waals surface area contributed by atoms with Crippen molar-refractivity contribution in [3.05, 3.63) is 7.11 Å². The van der Waals surface area contributed by atoms with Crippen molar-refractivity contribution in [2.75, 3.05) is 26.3 Å². The van der Waals surface area contributed by atoms with Crippen LogP contribution in [0.15, 0.2) is 0 Å². The molecule has 1 atom stereocenters. The molecule has 2 N–H and O–H groups in total. The molecule has 0 aromatic carbocycles. The van der Waals surface area contributed by atoms with E-state index in [4.69, 9.17) is 4.74 Å². The summed E-state index contributed by atoms with van der Waals surface area (Å²) in [6.07, 6.45) is 0.260. The Kier molecular flexibility index (Phi) is 2.97. The van der Waals surface area contributed by atoms with E-state index in [1.807, 2.05) is 0 Å². The monoisotopic (exact) mass is 131 g/mol. The molecular weight excluding hydrogens is 118 g/mol. The minimum absolute atomic E-state index is 0.260. The van der Waals surface area contributed by atoms with Crippen LogP contribution in [0.2, 0.25) is 0 Å². The normalized spacial score (nSPS) is 28.3. The highest BCUT2D eigenvalue weighted by Gasteiger charge is 2.13. The van der Waals surface area contributed by atoms with Crippen LogP contribution in [0.1, 0.15) is 0 Å². The summed E-state index contributed by atoms with van der Waals surface area (Å²) in [5, 5.41) is 3.21. The predicted octanol–water partition coefficient (Wildman–Crippen LogP) is -0.706. The van der Waals surface area contributed by atoms with E-state index in [-0.39, 0.29) is 6.10 Å². The maximum absolute atomic E-state index is 5.32. The summed E-state index contributed by atoms with van der Waals surface area (Å²) >= 11 is 0. The van der Waals surface area contributed by atoms with Crippen molar-refractivity contribution in [2.24, 2.45) is 0 Å². The zero-order valence-corrected chi connectivity index (χ0v) is 5.47. The third-order valence-corrected chi connectivity index (χ3v) is 1.34. The van der Waals surface area contributed by atoms with Gasteiger partial charge >= 0.3 is 0 Å². The zero-order chi connectivity index (χ0) is 6.53. The Morgan fingerprint density at radius 2 is 2.67 bits per heavy atom. The number of ether oxygens (including phenoxy) is 2. The van der Waals surface area contributed by atoms with Crippen LogP contribution < -0.4 is 5.32 Å². The Morgan fingerprint density at radius 3 is 3.22 bits per heavy atom. The Bertz CT molecular complexity index is 68.7. The van der Waals surface area contributed by atoms with Gasteiger partial charge in [-0.25, -0.2) is 0 Å². The highest BCUT2D eigenvalue weighted by atomic mass is 16.5. The van der Waals surface area contributed by atoms with Crippen LogP contribution in [0, 0.1) is 7.11 Å². The van der Waals surface area contributed by atoms with Crippen molar-refractivity contribution in [1.82, 2.24) is 5.32 Å². The molecule has 0 spiro atoms. The van der Waals surface area contributed by atoms with Crippen LogP contribution in [0.3, 0.4) is 0 Å². The summed E-state index contributed by atoms with van der Waals surface area (Å²) in [6, 6.07) is 0. The van der Waals surface area contributed by atoms with Gasteiger partial charge in [0.2, 0.25) is 0 Å². The van der Waals surface area contributed by atoms with E-state index in [2.05, 4.69) is 17.2 Å². The molecule has 0 saturated carbocycles. The van der Waals surface area contributed by atoms with Crippen molar-refractivity contribution in [2.45, 2.75) is 6.10 Å². The van der Waals surface area contributed by atoms with Crippen molar-refractivity contribution < 1.29 is 9.47 Å². The van der Waals surface area contributed by atoms with Gasteiger partial charge in [0.1, 0.15) is 12.7 Å². The van der Waals surface area contributed by atoms with E-state index in [9.17, 15) is 0 Å². The maximum Gasteiger partial charge on any atom is 0.147 e. The summed E-state index contributed by atoms with van der Waals surface area (Å²) in [6.45, 7) is 3.40. The molecule has 3 nitrogen and oxygen atoms in total. The summed E-state index contributed by atoms with van der Waals surface area (Å²) in [5.74, 6) is 0. The third kappa shape index (κ3) is 2.30. The van der Waals surface area contributed by atoms with Crippen molar-refractivity contribution in [3.63, 3.8) is 0 Å². The largest absolute Gasteiger partial charge is 0.580 e. The molecule has 1 aliphatic heterocycles. The van der Waals surface area contributed by atoms with Gasteiger partial charge in [0, 0.05) is 13.1 Å². The van der Waals surface area contributed by atoms with E-state index in [0.29, 0.717) is 6.61 Å². The van der Waals surface area contributed by atoms with Crippen LogP contribution in [-0.4, -0.2) is 37.1 Å². The molecule has 1 saturated heterocycles. The first-order valence-corrected chi connectivity index (χ1v) is 3.18. The summed E-state index contributed by atoms with van der Waals surface area (Å²) in [5.41, 5.74) is 0. The lowest BCUT2D eigenvalue weighted by Gasteiger charge is -2.21. The first kappa shape index (κ1) is 6.99. The van der Waals surface area contributed by atoms with Crippen LogP contribution in [0.5, 0.6) is 0 Å². The minimum atomic E-state index is 0.260. The summed E-state index contributed by atoms with van der Waals surface area (Å²) < 4.78 is 9.07. The number of rotatable bonds is 2.